The first-order valence-corrected chi connectivity index (χ1v) is 17.6. The van der Waals surface area contributed by atoms with Gasteiger partial charge in [-0.3, -0.25) is 24.0 Å². The highest BCUT2D eigenvalue weighted by Gasteiger charge is 2.69. The van der Waals surface area contributed by atoms with Gasteiger partial charge >= 0.3 is 12.1 Å². The lowest BCUT2D eigenvalue weighted by atomic mass is 9.83. The third-order valence-corrected chi connectivity index (χ3v) is 10.2. The number of carbonyl (C=O) groups excluding carboxylic acids is 6. The second kappa shape index (κ2) is 15.8. The van der Waals surface area contributed by atoms with Gasteiger partial charge in [0.15, 0.2) is 0 Å². The van der Waals surface area contributed by atoms with Crippen molar-refractivity contribution < 1.29 is 38.2 Å². The normalized spacial score (nSPS) is 23.2. The zero-order valence-electron chi connectivity index (χ0n) is 30.2. The van der Waals surface area contributed by atoms with Gasteiger partial charge in [0, 0.05) is 13.1 Å². The van der Waals surface area contributed by atoms with Gasteiger partial charge in [-0.05, 0) is 89.9 Å². The smallest absolute Gasteiger partial charge is 0.408 e. The second-order valence-electron chi connectivity index (χ2n) is 15.8. The predicted octanol–water partition coefficient (Wildman–Crippen LogP) is 4.20. The number of allylic oxidation sites excluding steroid dienone is 1. The van der Waals surface area contributed by atoms with E-state index in [1.165, 1.54) is 0 Å². The Balaban J connectivity index is 1.76. The minimum absolute atomic E-state index is 0.0776. The van der Waals surface area contributed by atoms with Gasteiger partial charge in [-0.25, -0.2) is 4.79 Å². The molecule has 2 saturated carbocycles. The van der Waals surface area contributed by atoms with Crippen LogP contribution in [0.3, 0.4) is 0 Å². The summed E-state index contributed by atoms with van der Waals surface area (Å²) >= 11 is 0. The number of rotatable bonds is 15. The van der Waals surface area contributed by atoms with E-state index in [9.17, 15) is 28.8 Å². The van der Waals surface area contributed by atoms with Crippen molar-refractivity contribution in [3.8, 4) is 0 Å². The molecule has 4 amide bonds. The topological polar surface area (TPSA) is 160 Å². The predicted molar refractivity (Wildman–Crippen MR) is 180 cm³/mol. The summed E-state index contributed by atoms with van der Waals surface area (Å²) in [5.41, 5.74) is -1.58. The molecule has 0 bridgehead atoms. The number of carbonyl (C=O) groups is 6. The molecule has 3 N–H and O–H groups in total. The molecule has 3 fully saturated rings. The van der Waals surface area contributed by atoms with E-state index in [0.717, 1.165) is 32.1 Å². The Bertz CT molecular complexity index is 1230. The number of hydrogen-bond acceptors (Lipinski definition) is 8. The Morgan fingerprint density at radius 1 is 0.979 bits per heavy atom. The summed E-state index contributed by atoms with van der Waals surface area (Å²) in [6.07, 6.45) is 6.42. The van der Waals surface area contributed by atoms with E-state index in [4.69, 9.17) is 9.47 Å². The minimum atomic E-state index is -1.16. The van der Waals surface area contributed by atoms with Crippen molar-refractivity contribution in [2.45, 2.75) is 143 Å². The fraction of sp³-hybridized carbons (Fsp3) is 0.778. The van der Waals surface area contributed by atoms with Crippen LogP contribution in [0.15, 0.2) is 12.7 Å². The number of amides is 4. The number of esters is 1. The molecule has 5 atom stereocenters. The van der Waals surface area contributed by atoms with Crippen molar-refractivity contribution >= 4 is 35.6 Å². The molecule has 48 heavy (non-hydrogen) atoms. The zero-order valence-corrected chi connectivity index (χ0v) is 30.2. The third-order valence-electron chi connectivity index (χ3n) is 10.2. The average Bonchev–Trinajstić information content (AvgIpc) is 3.32. The molecule has 0 spiro atoms. The number of nitrogens with one attached hydrogen (secondary N) is 3. The minimum Gasteiger partial charge on any atom is -0.460 e. The summed E-state index contributed by atoms with van der Waals surface area (Å²) in [5, 5.41) is 8.10. The fourth-order valence-electron chi connectivity index (χ4n) is 7.04. The highest BCUT2D eigenvalue weighted by Crippen LogP contribution is 2.65. The number of nitrogens with zero attached hydrogens (tertiary/aromatic N) is 1. The molecule has 0 unspecified atom stereocenters. The number of hydrogen-bond donors (Lipinski definition) is 3. The molecule has 1 heterocycles. The maximum atomic E-state index is 14.3. The van der Waals surface area contributed by atoms with Gasteiger partial charge in [0.1, 0.15) is 23.3 Å². The summed E-state index contributed by atoms with van der Waals surface area (Å²) in [6, 6.07) is -2.88. The van der Waals surface area contributed by atoms with Crippen molar-refractivity contribution in [1.29, 1.82) is 0 Å². The van der Waals surface area contributed by atoms with Crippen LogP contribution >= 0.6 is 0 Å². The molecule has 3 aliphatic rings. The molecule has 0 aromatic heterocycles. The summed E-state index contributed by atoms with van der Waals surface area (Å²) in [4.78, 5) is 81.2. The van der Waals surface area contributed by atoms with Crippen LogP contribution < -0.4 is 16.0 Å². The number of piperidine rings is 1. The second-order valence-corrected chi connectivity index (χ2v) is 15.8. The van der Waals surface area contributed by atoms with Crippen molar-refractivity contribution in [2.75, 3.05) is 13.1 Å². The molecule has 12 nitrogen and oxygen atoms in total. The van der Waals surface area contributed by atoms with Gasteiger partial charge in [0.05, 0.1) is 12.5 Å². The van der Waals surface area contributed by atoms with Crippen molar-refractivity contribution in [2.24, 2.45) is 23.2 Å². The average molecular weight is 675 g/mol. The van der Waals surface area contributed by atoms with Gasteiger partial charge in [-0.15, -0.1) is 6.58 Å². The molecule has 1 aliphatic heterocycles. The molecule has 0 aromatic carbocycles. The Kier molecular flexibility index (Phi) is 12.9. The summed E-state index contributed by atoms with van der Waals surface area (Å²) in [5.74, 6) is -3.26. The number of alkyl carbamates (subject to hydrolysis) is 1. The maximum Gasteiger partial charge on any atom is 0.408 e. The first-order valence-electron chi connectivity index (χ1n) is 17.6. The molecule has 1 saturated heterocycles. The van der Waals surface area contributed by atoms with Gasteiger partial charge < -0.3 is 30.3 Å². The Morgan fingerprint density at radius 2 is 1.62 bits per heavy atom. The number of likely N-dealkylation sites (tertiary alicyclic amines) is 1. The van der Waals surface area contributed by atoms with Crippen LogP contribution in [-0.2, 0) is 33.4 Å². The van der Waals surface area contributed by atoms with E-state index in [0.29, 0.717) is 19.4 Å². The largest absolute Gasteiger partial charge is 0.460 e. The van der Waals surface area contributed by atoms with Crippen molar-refractivity contribution in [3.05, 3.63) is 12.7 Å². The van der Waals surface area contributed by atoms with Crippen LogP contribution in [0.25, 0.3) is 0 Å². The summed E-state index contributed by atoms with van der Waals surface area (Å²) < 4.78 is 10.9. The van der Waals surface area contributed by atoms with E-state index in [1.54, 1.807) is 45.6 Å². The first-order chi connectivity index (χ1) is 22.3. The molecule has 3 rings (SSSR count). The highest BCUT2D eigenvalue weighted by atomic mass is 16.6. The van der Waals surface area contributed by atoms with E-state index in [-0.39, 0.29) is 48.5 Å². The highest BCUT2D eigenvalue weighted by molar-refractivity contribution is 6.38. The standard InChI is InChI=1S/C36H58N4O8/c1-10-12-18-24(29(42)31(44)37-20-19-25(41)47-35(6,7)11-2)38-30(43)28-26-23(36(26,8)9)21-40(28)32(45)27(22-16-14-13-15-17-22)39-33(46)48-34(3,4)5/h10,22-24,26-28H,1,11-21H2,2-9H3,(H,37,44)(H,38,43)(H,39,46)/t23-,24-,26-,27-,28-/m0/s1. The molecule has 270 valence electrons. The Morgan fingerprint density at radius 3 is 2.21 bits per heavy atom. The third kappa shape index (κ3) is 10.0. The fourth-order valence-corrected chi connectivity index (χ4v) is 7.04. The SMILES string of the molecule is C=CCC[C@H](NC(=O)[C@@H]1[C@@H]2[C@H](CN1C(=O)[C@@H](NC(=O)OC(C)(C)C)C1CCCCC1)C2(C)C)C(=O)C(=O)NCCC(=O)OC(C)(C)CC. The Hall–Kier alpha value is -3.44. The molecular weight excluding hydrogens is 616 g/mol. The molecule has 0 aromatic rings. The van der Waals surface area contributed by atoms with E-state index in [2.05, 4.69) is 36.4 Å². The van der Waals surface area contributed by atoms with Crippen LogP contribution in [0, 0.1) is 23.2 Å². The van der Waals surface area contributed by atoms with Gasteiger partial charge in [-0.2, -0.15) is 0 Å². The molecular formula is C36H58N4O8. The quantitative estimate of drug-likeness (QED) is 0.132. The Labute approximate surface area is 285 Å². The zero-order chi connectivity index (χ0) is 36.0. The van der Waals surface area contributed by atoms with Crippen LogP contribution in [0.4, 0.5) is 4.79 Å². The van der Waals surface area contributed by atoms with Crippen molar-refractivity contribution in [1.82, 2.24) is 20.9 Å². The maximum absolute atomic E-state index is 14.3. The van der Waals surface area contributed by atoms with Crippen LogP contribution in [0.1, 0.15) is 113 Å². The van der Waals surface area contributed by atoms with Crippen molar-refractivity contribution in [3.63, 3.8) is 0 Å². The summed E-state index contributed by atoms with van der Waals surface area (Å²) in [7, 11) is 0. The van der Waals surface area contributed by atoms with E-state index < -0.39 is 59.0 Å². The van der Waals surface area contributed by atoms with Gasteiger partial charge in [0.2, 0.25) is 17.6 Å². The molecule has 12 heteroatoms. The van der Waals surface area contributed by atoms with Gasteiger partial charge in [-0.1, -0.05) is 46.1 Å². The van der Waals surface area contributed by atoms with Crippen LogP contribution in [-0.4, -0.2) is 82.9 Å². The van der Waals surface area contributed by atoms with Crippen LogP contribution in [0.5, 0.6) is 0 Å². The van der Waals surface area contributed by atoms with E-state index in [1.807, 2.05) is 6.92 Å². The van der Waals surface area contributed by atoms with E-state index >= 15 is 0 Å². The summed E-state index contributed by atoms with van der Waals surface area (Å²) in [6.45, 7) is 18.8. The van der Waals surface area contributed by atoms with Crippen LogP contribution in [0.2, 0.25) is 0 Å². The first kappa shape index (κ1) is 39.0. The number of ketones is 1. The van der Waals surface area contributed by atoms with Gasteiger partial charge in [0.25, 0.3) is 5.91 Å². The lowest BCUT2D eigenvalue weighted by Crippen LogP contribution is -2.59. The number of fused-ring (bicyclic) bond motifs is 1. The lowest BCUT2D eigenvalue weighted by Gasteiger charge is -2.37. The molecule has 0 radical (unpaired) electrons. The lowest BCUT2D eigenvalue weighted by molar-refractivity contribution is -0.156. The number of ether oxygens (including phenoxy) is 2. The monoisotopic (exact) mass is 674 g/mol. The number of Topliss-reactive ketones (excluding diaryl/α,β-unsaturated/α-hetero) is 1. The molecule has 2 aliphatic carbocycles.